The van der Waals surface area contributed by atoms with Crippen molar-refractivity contribution < 1.29 is 18.3 Å². The molecule has 2 aromatic rings. The van der Waals surface area contributed by atoms with Crippen LogP contribution < -0.4 is 0 Å². The van der Waals surface area contributed by atoms with Gasteiger partial charge in [0.1, 0.15) is 0 Å². The molecule has 1 aromatic carbocycles. The summed E-state index contributed by atoms with van der Waals surface area (Å²) in [7, 11) is 0. The Morgan fingerprint density at radius 2 is 2.00 bits per heavy atom. The van der Waals surface area contributed by atoms with E-state index in [4.69, 9.17) is 0 Å². The van der Waals surface area contributed by atoms with Gasteiger partial charge in [-0.05, 0) is 30.5 Å². The number of thiophene rings is 1. The van der Waals surface area contributed by atoms with Crippen LogP contribution in [0.25, 0.3) is 10.1 Å². The van der Waals surface area contributed by atoms with Crippen molar-refractivity contribution in [1.29, 1.82) is 0 Å². The number of hydrogen-bond donors (Lipinski definition) is 1. The van der Waals surface area contributed by atoms with Crippen molar-refractivity contribution in [3.63, 3.8) is 0 Å². The zero-order chi connectivity index (χ0) is 12.6. The van der Waals surface area contributed by atoms with Crippen molar-refractivity contribution in [2.75, 3.05) is 0 Å². The minimum Gasteiger partial charge on any atom is -0.393 e. The molecule has 1 N–H and O–H groups in total. The molecule has 1 aromatic heterocycles. The fourth-order valence-electron chi connectivity index (χ4n) is 1.65. The van der Waals surface area contributed by atoms with Crippen molar-refractivity contribution >= 4 is 21.4 Å². The number of hydrogen-bond acceptors (Lipinski definition) is 2. The quantitative estimate of drug-likeness (QED) is 0.869. The molecule has 0 fully saturated rings. The van der Waals surface area contributed by atoms with Gasteiger partial charge in [-0.15, -0.1) is 11.3 Å². The van der Waals surface area contributed by atoms with E-state index in [9.17, 15) is 18.3 Å². The minimum absolute atomic E-state index is 0.473. The van der Waals surface area contributed by atoms with Gasteiger partial charge in [0.15, 0.2) is 0 Å². The van der Waals surface area contributed by atoms with E-state index in [-0.39, 0.29) is 0 Å². The second-order valence-electron chi connectivity index (χ2n) is 4.02. The van der Waals surface area contributed by atoms with Crippen LogP contribution in [0.2, 0.25) is 0 Å². The molecule has 0 saturated heterocycles. The summed E-state index contributed by atoms with van der Waals surface area (Å²) in [6.45, 7) is 1.66. The van der Waals surface area contributed by atoms with Gasteiger partial charge >= 0.3 is 6.18 Å². The zero-order valence-corrected chi connectivity index (χ0v) is 9.90. The summed E-state index contributed by atoms with van der Waals surface area (Å²) >= 11 is 1.30. The predicted molar refractivity (Wildman–Crippen MR) is 62.2 cm³/mol. The molecule has 0 aliphatic heterocycles. The van der Waals surface area contributed by atoms with Crippen molar-refractivity contribution in [2.24, 2.45) is 0 Å². The Hall–Kier alpha value is -1.07. The molecule has 92 valence electrons. The first-order valence-corrected chi connectivity index (χ1v) is 5.95. The van der Waals surface area contributed by atoms with E-state index in [1.54, 1.807) is 6.92 Å². The minimum atomic E-state index is -4.30. The summed E-state index contributed by atoms with van der Waals surface area (Å²) in [4.78, 5) is 0.898. The summed E-state index contributed by atoms with van der Waals surface area (Å²) < 4.78 is 38.1. The van der Waals surface area contributed by atoms with E-state index in [1.165, 1.54) is 17.4 Å². The Kier molecular flexibility index (Phi) is 3.14. The lowest BCUT2D eigenvalue weighted by molar-refractivity contribution is -0.137. The number of aliphatic hydroxyl groups excluding tert-OH is 1. The highest BCUT2D eigenvalue weighted by molar-refractivity contribution is 7.19. The van der Waals surface area contributed by atoms with Gasteiger partial charge in [-0.1, -0.05) is 6.07 Å². The number of fused-ring (bicyclic) bond motifs is 1. The first-order valence-electron chi connectivity index (χ1n) is 5.14. The molecule has 1 atom stereocenters. The van der Waals surface area contributed by atoms with Crippen LogP contribution in [0, 0.1) is 0 Å². The highest BCUT2D eigenvalue weighted by atomic mass is 32.1. The summed E-state index contributed by atoms with van der Waals surface area (Å²) in [6.07, 6.45) is -4.31. The molecule has 1 heterocycles. The average Bonchev–Trinajstić information content (AvgIpc) is 2.55. The Balaban J connectivity index is 2.41. The summed E-state index contributed by atoms with van der Waals surface area (Å²) in [5, 5.41) is 10.0. The maximum Gasteiger partial charge on any atom is 0.416 e. The van der Waals surface area contributed by atoms with Gasteiger partial charge in [-0.2, -0.15) is 13.2 Å². The average molecular weight is 260 g/mol. The molecule has 0 radical (unpaired) electrons. The molecule has 0 aliphatic rings. The van der Waals surface area contributed by atoms with E-state index in [1.807, 2.05) is 6.07 Å². The van der Waals surface area contributed by atoms with E-state index < -0.39 is 17.8 Å². The number of aliphatic hydroxyl groups is 1. The van der Waals surface area contributed by atoms with Crippen LogP contribution in [0.4, 0.5) is 13.2 Å². The van der Waals surface area contributed by atoms with Gasteiger partial charge in [-0.3, -0.25) is 0 Å². The fourth-order valence-corrected chi connectivity index (χ4v) is 2.88. The summed E-state index contributed by atoms with van der Waals surface area (Å²) in [5.41, 5.74) is -0.629. The summed E-state index contributed by atoms with van der Waals surface area (Å²) in [5.74, 6) is 0. The molecule has 2 rings (SSSR count). The van der Waals surface area contributed by atoms with E-state index in [0.29, 0.717) is 11.1 Å². The monoisotopic (exact) mass is 260 g/mol. The largest absolute Gasteiger partial charge is 0.416 e. The van der Waals surface area contributed by atoms with Gasteiger partial charge in [0.25, 0.3) is 0 Å². The summed E-state index contributed by atoms with van der Waals surface area (Å²) in [6, 6.07) is 5.54. The Bertz CT molecular complexity index is 528. The van der Waals surface area contributed by atoms with Gasteiger partial charge in [0.2, 0.25) is 0 Å². The standard InChI is InChI=1S/C12H11F3OS/c1-7(16)4-10-5-8-2-3-9(12(13,14)15)6-11(8)17-10/h2-3,5-7,16H,4H2,1H3. The third-order valence-electron chi connectivity index (χ3n) is 2.40. The SMILES string of the molecule is CC(O)Cc1cc2ccc(C(F)(F)F)cc2s1. The molecule has 0 spiro atoms. The first kappa shape index (κ1) is 12.4. The lowest BCUT2D eigenvalue weighted by Crippen LogP contribution is -2.03. The number of rotatable bonds is 2. The van der Waals surface area contributed by atoms with Gasteiger partial charge in [-0.25, -0.2) is 0 Å². The number of benzene rings is 1. The third kappa shape index (κ3) is 2.79. The maximum absolute atomic E-state index is 12.5. The van der Waals surface area contributed by atoms with Gasteiger partial charge in [0, 0.05) is 16.0 Å². The highest BCUT2D eigenvalue weighted by Crippen LogP contribution is 2.34. The van der Waals surface area contributed by atoms with Crippen LogP contribution in [0.5, 0.6) is 0 Å². The van der Waals surface area contributed by atoms with E-state index >= 15 is 0 Å². The molecule has 0 amide bonds. The molecule has 1 nitrogen and oxygen atoms in total. The lowest BCUT2D eigenvalue weighted by atomic mass is 10.1. The second kappa shape index (κ2) is 4.31. The molecule has 0 aliphatic carbocycles. The lowest BCUT2D eigenvalue weighted by Gasteiger charge is -2.05. The van der Waals surface area contributed by atoms with E-state index in [2.05, 4.69) is 0 Å². The Labute approximate surface area is 101 Å². The molecule has 1 unspecified atom stereocenters. The van der Waals surface area contributed by atoms with Gasteiger partial charge < -0.3 is 5.11 Å². The van der Waals surface area contributed by atoms with Crippen LogP contribution in [0.1, 0.15) is 17.4 Å². The third-order valence-corrected chi connectivity index (χ3v) is 3.52. The highest BCUT2D eigenvalue weighted by Gasteiger charge is 2.30. The molecule has 5 heteroatoms. The van der Waals surface area contributed by atoms with Crippen LogP contribution in [0.15, 0.2) is 24.3 Å². The van der Waals surface area contributed by atoms with Crippen molar-refractivity contribution in [1.82, 2.24) is 0 Å². The van der Waals surface area contributed by atoms with Crippen LogP contribution >= 0.6 is 11.3 Å². The normalized spacial score (nSPS) is 14.2. The van der Waals surface area contributed by atoms with Crippen molar-refractivity contribution in [3.05, 3.63) is 34.7 Å². The predicted octanol–water partition coefficient (Wildman–Crippen LogP) is 3.84. The zero-order valence-electron chi connectivity index (χ0n) is 9.08. The maximum atomic E-state index is 12.5. The molecule has 0 bridgehead atoms. The smallest absolute Gasteiger partial charge is 0.393 e. The molecular formula is C12H11F3OS. The van der Waals surface area contributed by atoms with Crippen molar-refractivity contribution in [2.45, 2.75) is 25.6 Å². The molecule has 17 heavy (non-hydrogen) atoms. The topological polar surface area (TPSA) is 20.2 Å². The van der Waals surface area contributed by atoms with E-state index in [0.717, 1.165) is 22.4 Å². The molecular weight excluding hydrogens is 249 g/mol. The second-order valence-corrected chi connectivity index (χ2v) is 5.18. The fraction of sp³-hybridized carbons (Fsp3) is 0.333. The van der Waals surface area contributed by atoms with Gasteiger partial charge in [0.05, 0.1) is 11.7 Å². The number of halogens is 3. The Morgan fingerprint density at radius 1 is 1.29 bits per heavy atom. The van der Waals surface area contributed by atoms with Crippen LogP contribution in [-0.2, 0) is 12.6 Å². The van der Waals surface area contributed by atoms with Crippen molar-refractivity contribution in [3.8, 4) is 0 Å². The number of alkyl halides is 3. The Morgan fingerprint density at radius 3 is 2.59 bits per heavy atom. The van der Waals surface area contributed by atoms with Crippen LogP contribution in [-0.4, -0.2) is 11.2 Å². The molecule has 0 saturated carbocycles. The van der Waals surface area contributed by atoms with Crippen LogP contribution in [0.3, 0.4) is 0 Å². The first-order chi connectivity index (χ1) is 7.86.